The summed E-state index contributed by atoms with van der Waals surface area (Å²) in [5, 5.41) is 2.01. The minimum Gasteiger partial charge on any atom is -0.497 e. The molecule has 0 aliphatic carbocycles. The van der Waals surface area contributed by atoms with E-state index < -0.39 is 0 Å². The van der Waals surface area contributed by atoms with Crippen molar-refractivity contribution in [3.05, 3.63) is 76.2 Å². The van der Waals surface area contributed by atoms with E-state index in [1.165, 1.54) is 11.3 Å². The number of fused-ring (bicyclic) bond motifs is 1. The van der Waals surface area contributed by atoms with Crippen molar-refractivity contribution < 1.29 is 4.74 Å². The van der Waals surface area contributed by atoms with Crippen LogP contribution in [0.2, 0.25) is 0 Å². The maximum Gasteiger partial charge on any atom is 0.276 e. The molecule has 0 radical (unpaired) electrons. The zero-order valence-corrected chi connectivity index (χ0v) is 14.7. The summed E-state index contributed by atoms with van der Waals surface area (Å²) in [6.45, 7) is 1.86. The van der Waals surface area contributed by atoms with Crippen LogP contribution in [-0.4, -0.2) is 16.7 Å². The predicted molar refractivity (Wildman–Crippen MR) is 102 cm³/mol. The van der Waals surface area contributed by atoms with Gasteiger partial charge < -0.3 is 4.74 Å². The van der Waals surface area contributed by atoms with Crippen molar-refractivity contribution in [2.45, 2.75) is 6.92 Å². The van der Waals surface area contributed by atoms with Gasteiger partial charge in [-0.15, -0.1) is 11.3 Å². The van der Waals surface area contributed by atoms with Crippen LogP contribution in [0, 0.1) is 6.92 Å². The molecule has 0 amide bonds. The van der Waals surface area contributed by atoms with Crippen LogP contribution in [0.1, 0.15) is 5.82 Å². The van der Waals surface area contributed by atoms with Crippen LogP contribution in [0.4, 0.5) is 0 Å². The van der Waals surface area contributed by atoms with Crippen molar-refractivity contribution in [3.63, 3.8) is 0 Å². The van der Waals surface area contributed by atoms with Crippen LogP contribution in [0.3, 0.4) is 0 Å². The molecule has 2 heterocycles. The Morgan fingerprint density at radius 2 is 1.76 bits per heavy atom. The third-order valence-corrected chi connectivity index (χ3v) is 5.13. The lowest BCUT2D eigenvalue weighted by Crippen LogP contribution is -2.21. The van der Waals surface area contributed by atoms with Gasteiger partial charge in [-0.05, 0) is 36.8 Å². The van der Waals surface area contributed by atoms with Gasteiger partial charge in [-0.1, -0.05) is 30.3 Å². The van der Waals surface area contributed by atoms with Crippen molar-refractivity contribution in [1.82, 2.24) is 9.55 Å². The number of ether oxygens (including phenoxy) is 1. The fourth-order valence-electron chi connectivity index (χ4n) is 2.93. The second-order valence-corrected chi connectivity index (χ2v) is 6.57. The number of methoxy groups -OCH3 is 1. The molecule has 4 nitrogen and oxygen atoms in total. The second-order valence-electron chi connectivity index (χ2n) is 5.69. The summed E-state index contributed by atoms with van der Waals surface area (Å²) in [6, 6.07) is 17.5. The predicted octanol–water partition coefficient (Wildman–Crippen LogP) is 4.43. The zero-order chi connectivity index (χ0) is 17.4. The van der Waals surface area contributed by atoms with Gasteiger partial charge in [0.05, 0.1) is 18.3 Å². The van der Waals surface area contributed by atoms with Crippen molar-refractivity contribution in [2.75, 3.05) is 7.11 Å². The molecule has 4 rings (SSSR count). The van der Waals surface area contributed by atoms with Crippen molar-refractivity contribution in [3.8, 4) is 22.6 Å². The highest BCUT2D eigenvalue weighted by Crippen LogP contribution is 2.31. The number of nitrogens with zero attached hydrogens (tertiary/aromatic N) is 2. The number of hydrogen-bond acceptors (Lipinski definition) is 4. The molecular weight excluding hydrogens is 332 g/mol. The molecule has 2 aromatic heterocycles. The molecule has 124 valence electrons. The Morgan fingerprint density at radius 3 is 2.44 bits per heavy atom. The molecule has 0 spiro atoms. The maximum atomic E-state index is 13.1. The smallest absolute Gasteiger partial charge is 0.276 e. The molecule has 0 saturated heterocycles. The highest BCUT2D eigenvalue weighted by Gasteiger charge is 2.15. The quantitative estimate of drug-likeness (QED) is 0.550. The van der Waals surface area contributed by atoms with Gasteiger partial charge in [-0.3, -0.25) is 9.36 Å². The first-order chi connectivity index (χ1) is 12.2. The van der Waals surface area contributed by atoms with Crippen LogP contribution < -0.4 is 10.3 Å². The first-order valence-electron chi connectivity index (χ1n) is 7.90. The molecule has 0 aliphatic heterocycles. The van der Waals surface area contributed by atoms with Crippen LogP contribution >= 0.6 is 11.3 Å². The Kier molecular flexibility index (Phi) is 3.86. The summed E-state index contributed by atoms with van der Waals surface area (Å²) in [7, 11) is 1.62. The van der Waals surface area contributed by atoms with E-state index in [-0.39, 0.29) is 5.56 Å². The lowest BCUT2D eigenvalue weighted by molar-refractivity contribution is 0.414. The standard InChI is InChI=1S/C20H16N2O2S/c1-13-21-18-17(14-6-4-3-5-7-14)12-25-19(18)20(23)22(13)15-8-10-16(24-2)11-9-15/h3-12H,1-2H3. The van der Waals surface area contributed by atoms with E-state index in [0.29, 0.717) is 10.5 Å². The van der Waals surface area contributed by atoms with Gasteiger partial charge in [0, 0.05) is 10.9 Å². The molecule has 0 bridgehead atoms. The summed E-state index contributed by atoms with van der Waals surface area (Å²) in [5.41, 5.74) is 3.58. The van der Waals surface area contributed by atoms with Crippen LogP contribution in [0.15, 0.2) is 64.8 Å². The Labute approximate surface area is 149 Å². The van der Waals surface area contributed by atoms with E-state index in [4.69, 9.17) is 9.72 Å². The number of aryl methyl sites for hydroxylation is 1. The fourth-order valence-corrected chi connectivity index (χ4v) is 3.88. The van der Waals surface area contributed by atoms with E-state index in [0.717, 1.165) is 28.1 Å². The van der Waals surface area contributed by atoms with Crippen LogP contribution in [0.25, 0.3) is 27.0 Å². The van der Waals surface area contributed by atoms with E-state index >= 15 is 0 Å². The highest BCUT2D eigenvalue weighted by atomic mass is 32.1. The topological polar surface area (TPSA) is 44.1 Å². The van der Waals surface area contributed by atoms with E-state index in [2.05, 4.69) is 0 Å². The van der Waals surface area contributed by atoms with Crippen molar-refractivity contribution in [1.29, 1.82) is 0 Å². The second kappa shape index (κ2) is 6.18. The maximum absolute atomic E-state index is 13.1. The molecule has 4 aromatic rings. The molecule has 0 N–H and O–H groups in total. The minimum absolute atomic E-state index is 0.0418. The van der Waals surface area contributed by atoms with Gasteiger partial charge in [0.1, 0.15) is 16.3 Å². The largest absolute Gasteiger partial charge is 0.497 e. The third kappa shape index (κ3) is 2.62. The molecule has 25 heavy (non-hydrogen) atoms. The molecule has 0 atom stereocenters. The Hall–Kier alpha value is -2.92. The molecule has 0 saturated carbocycles. The molecule has 0 unspecified atom stereocenters. The number of rotatable bonds is 3. The summed E-state index contributed by atoms with van der Waals surface area (Å²) < 4.78 is 7.50. The van der Waals surface area contributed by atoms with E-state index in [1.54, 1.807) is 11.7 Å². The van der Waals surface area contributed by atoms with E-state index in [1.807, 2.05) is 66.9 Å². The van der Waals surface area contributed by atoms with Gasteiger partial charge in [-0.2, -0.15) is 0 Å². The van der Waals surface area contributed by atoms with E-state index in [9.17, 15) is 4.79 Å². The monoisotopic (exact) mass is 348 g/mol. The lowest BCUT2D eigenvalue weighted by atomic mass is 10.1. The molecular formula is C20H16N2O2S. The Morgan fingerprint density at radius 1 is 1.04 bits per heavy atom. The van der Waals surface area contributed by atoms with Crippen molar-refractivity contribution >= 4 is 21.6 Å². The Bertz CT molecular complexity index is 1100. The first kappa shape index (κ1) is 15.6. The molecule has 0 aliphatic rings. The van der Waals surface area contributed by atoms with Crippen molar-refractivity contribution in [2.24, 2.45) is 0 Å². The van der Waals surface area contributed by atoms with Gasteiger partial charge in [-0.25, -0.2) is 4.98 Å². The summed E-state index contributed by atoms with van der Waals surface area (Å²) >= 11 is 1.44. The van der Waals surface area contributed by atoms with Crippen LogP contribution in [-0.2, 0) is 0 Å². The summed E-state index contributed by atoms with van der Waals surface area (Å²) in [4.78, 5) is 17.8. The summed E-state index contributed by atoms with van der Waals surface area (Å²) in [5.74, 6) is 1.42. The van der Waals surface area contributed by atoms with Gasteiger partial charge in [0.25, 0.3) is 5.56 Å². The number of aromatic nitrogens is 2. The highest BCUT2D eigenvalue weighted by molar-refractivity contribution is 7.17. The fraction of sp³-hybridized carbons (Fsp3) is 0.100. The average Bonchev–Trinajstić information content (AvgIpc) is 3.07. The first-order valence-corrected chi connectivity index (χ1v) is 8.77. The average molecular weight is 348 g/mol. The molecule has 5 heteroatoms. The third-order valence-electron chi connectivity index (χ3n) is 4.17. The number of benzene rings is 2. The lowest BCUT2D eigenvalue weighted by Gasteiger charge is -2.10. The minimum atomic E-state index is -0.0418. The zero-order valence-electron chi connectivity index (χ0n) is 13.9. The number of hydrogen-bond donors (Lipinski definition) is 0. The number of thiophene rings is 1. The normalized spacial score (nSPS) is 11.0. The molecule has 0 fully saturated rings. The molecule has 2 aromatic carbocycles. The Balaban J connectivity index is 1.92. The van der Waals surface area contributed by atoms with Gasteiger partial charge in [0.2, 0.25) is 0 Å². The van der Waals surface area contributed by atoms with Crippen LogP contribution in [0.5, 0.6) is 5.75 Å². The SMILES string of the molecule is COc1ccc(-n2c(C)nc3c(-c4ccccc4)csc3c2=O)cc1. The summed E-state index contributed by atoms with van der Waals surface area (Å²) in [6.07, 6.45) is 0. The van der Waals surface area contributed by atoms with Gasteiger partial charge in [0.15, 0.2) is 0 Å². The van der Waals surface area contributed by atoms with Gasteiger partial charge >= 0.3 is 0 Å².